The number of esters is 1. The first-order valence-electron chi connectivity index (χ1n) is 11.0. The highest BCUT2D eigenvalue weighted by atomic mass is 19.1. The minimum atomic E-state index is -0.877. The first-order chi connectivity index (χ1) is 17.0. The molecular formula is C27H25FN2O5. The van der Waals surface area contributed by atoms with Gasteiger partial charge >= 0.3 is 12.0 Å². The van der Waals surface area contributed by atoms with Gasteiger partial charge < -0.3 is 24.8 Å². The normalized spacial score (nSPS) is 15.2. The molecule has 2 amide bonds. The van der Waals surface area contributed by atoms with Crippen LogP contribution in [-0.2, 0) is 22.7 Å². The molecule has 4 rings (SSSR count). The lowest BCUT2D eigenvalue weighted by atomic mass is 9.94. The fourth-order valence-corrected chi connectivity index (χ4v) is 3.84. The fourth-order valence-electron chi connectivity index (χ4n) is 3.84. The number of allylic oxidation sites excluding steroid dienone is 1. The SMILES string of the molecule is COc1cccc(C2NC(=O)NC(C)=C2C(=O)OCc2ccccc2)c1OCc1ccccc1F. The third-order valence-corrected chi connectivity index (χ3v) is 5.57. The summed E-state index contributed by atoms with van der Waals surface area (Å²) in [5, 5.41) is 5.40. The maximum atomic E-state index is 14.2. The van der Waals surface area contributed by atoms with Gasteiger partial charge in [0, 0.05) is 16.8 Å². The Morgan fingerprint density at radius 3 is 2.46 bits per heavy atom. The Labute approximate surface area is 202 Å². The lowest BCUT2D eigenvalue weighted by Crippen LogP contribution is -2.45. The molecule has 0 bridgehead atoms. The molecule has 1 unspecified atom stereocenters. The van der Waals surface area contributed by atoms with Gasteiger partial charge in [-0.05, 0) is 24.6 Å². The van der Waals surface area contributed by atoms with Crippen molar-refractivity contribution in [3.8, 4) is 11.5 Å². The maximum Gasteiger partial charge on any atom is 0.338 e. The van der Waals surface area contributed by atoms with Crippen LogP contribution in [0.2, 0.25) is 0 Å². The zero-order valence-corrected chi connectivity index (χ0v) is 19.3. The van der Waals surface area contributed by atoms with Gasteiger partial charge in [-0.2, -0.15) is 0 Å². The van der Waals surface area contributed by atoms with Gasteiger partial charge in [0.15, 0.2) is 11.5 Å². The minimum Gasteiger partial charge on any atom is -0.493 e. The van der Waals surface area contributed by atoms with E-state index in [4.69, 9.17) is 14.2 Å². The maximum absolute atomic E-state index is 14.2. The predicted molar refractivity (Wildman–Crippen MR) is 127 cm³/mol. The number of methoxy groups -OCH3 is 1. The molecule has 1 aliphatic rings. The van der Waals surface area contributed by atoms with Crippen molar-refractivity contribution in [1.82, 2.24) is 10.6 Å². The Hall–Kier alpha value is -4.33. The molecule has 35 heavy (non-hydrogen) atoms. The van der Waals surface area contributed by atoms with Crippen LogP contribution in [-0.4, -0.2) is 19.1 Å². The highest BCUT2D eigenvalue weighted by molar-refractivity contribution is 5.95. The highest BCUT2D eigenvalue weighted by Crippen LogP contribution is 2.40. The van der Waals surface area contributed by atoms with Gasteiger partial charge in [0.25, 0.3) is 0 Å². The summed E-state index contributed by atoms with van der Waals surface area (Å²) in [6.07, 6.45) is 0. The number of carbonyl (C=O) groups excluding carboxylic acids is 2. The number of nitrogens with one attached hydrogen (secondary N) is 2. The zero-order valence-electron chi connectivity index (χ0n) is 19.3. The topological polar surface area (TPSA) is 85.9 Å². The Morgan fingerprint density at radius 1 is 0.971 bits per heavy atom. The summed E-state index contributed by atoms with van der Waals surface area (Å²) in [5.41, 5.74) is 2.25. The summed E-state index contributed by atoms with van der Waals surface area (Å²) >= 11 is 0. The van der Waals surface area contributed by atoms with E-state index < -0.39 is 23.9 Å². The second kappa shape index (κ2) is 10.7. The highest BCUT2D eigenvalue weighted by Gasteiger charge is 2.35. The Balaban J connectivity index is 1.66. The number of rotatable bonds is 8. The average molecular weight is 477 g/mol. The number of carbonyl (C=O) groups is 2. The third kappa shape index (κ3) is 5.43. The molecule has 0 fully saturated rings. The van der Waals surface area contributed by atoms with Crippen molar-refractivity contribution in [2.75, 3.05) is 7.11 Å². The number of halogens is 1. The number of ether oxygens (including phenoxy) is 3. The van der Waals surface area contributed by atoms with E-state index in [1.165, 1.54) is 13.2 Å². The molecule has 0 radical (unpaired) electrons. The van der Waals surface area contributed by atoms with Crippen LogP contribution in [0.25, 0.3) is 0 Å². The summed E-state index contributed by atoms with van der Waals surface area (Å²) in [6.45, 7) is 1.63. The summed E-state index contributed by atoms with van der Waals surface area (Å²) in [5.74, 6) is -0.334. The van der Waals surface area contributed by atoms with E-state index in [0.717, 1.165) is 5.56 Å². The first-order valence-corrected chi connectivity index (χ1v) is 11.0. The van der Waals surface area contributed by atoms with E-state index in [0.29, 0.717) is 22.6 Å². The van der Waals surface area contributed by atoms with Crippen molar-refractivity contribution >= 4 is 12.0 Å². The van der Waals surface area contributed by atoms with Gasteiger partial charge in [0.05, 0.1) is 18.7 Å². The zero-order chi connectivity index (χ0) is 24.8. The van der Waals surface area contributed by atoms with E-state index in [-0.39, 0.29) is 24.5 Å². The number of amides is 2. The van der Waals surface area contributed by atoms with Crippen molar-refractivity contribution in [3.05, 3.63) is 107 Å². The lowest BCUT2D eigenvalue weighted by molar-refractivity contribution is -0.140. The summed E-state index contributed by atoms with van der Waals surface area (Å²) in [4.78, 5) is 25.5. The molecule has 1 atom stereocenters. The fraction of sp³-hybridized carbons (Fsp3) is 0.185. The number of benzene rings is 3. The number of hydrogen-bond acceptors (Lipinski definition) is 5. The number of para-hydroxylation sites is 1. The summed E-state index contributed by atoms with van der Waals surface area (Å²) < 4.78 is 31.2. The van der Waals surface area contributed by atoms with E-state index in [1.54, 1.807) is 43.3 Å². The first kappa shape index (κ1) is 23.8. The monoisotopic (exact) mass is 476 g/mol. The number of urea groups is 1. The molecule has 2 N–H and O–H groups in total. The van der Waals surface area contributed by atoms with Gasteiger partial charge in [0.1, 0.15) is 19.0 Å². The molecule has 180 valence electrons. The van der Waals surface area contributed by atoms with Crippen LogP contribution in [0.5, 0.6) is 11.5 Å². The molecule has 3 aromatic rings. The van der Waals surface area contributed by atoms with Gasteiger partial charge in [-0.25, -0.2) is 14.0 Å². The molecule has 0 saturated carbocycles. The quantitative estimate of drug-likeness (QED) is 0.457. The Kier molecular flexibility index (Phi) is 7.30. The van der Waals surface area contributed by atoms with Crippen LogP contribution < -0.4 is 20.1 Å². The van der Waals surface area contributed by atoms with Crippen molar-refractivity contribution in [1.29, 1.82) is 0 Å². The van der Waals surface area contributed by atoms with Crippen molar-refractivity contribution in [2.24, 2.45) is 0 Å². The Morgan fingerprint density at radius 2 is 1.71 bits per heavy atom. The smallest absolute Gasteiger partial charge is 0.338 e. The second-order valence-corrected chi connectivity index (χ2v) is 7.89. The molecule has 0 spiro atoms. The molecule has 1 heterocycles. The van der Waals surface area contributed by atoms with Gasteiger partial charge in [-0.3, -0.25) is 0 Å². The van der Waals surface area contributed by atoms with E-state index in [2.05, 4.69) is 10.6 Å². The van der Waals surface area contributed by atoms with Gasteiger partial charge in [0.2, 0.25) is 0 Å². The second-order valence-electron chi connectivity index (χ2n) is 7.89. The molecular weight excluding hydrogens is 451 g/mol. The average Bonchev–Trinajstić information content (AvgIpc) is 2.86. The molecule has 7 nitrogen and oxygen atoms in total. The van der Waals surface area contributed by atoms with Gasteiger partial charge in [-0.15, -0.1) is 0 Å². The molecule has 3 aromatic carbocycles. The summed E-state index contributed by atoms with van der Waals surface area (Å²) in [6, 6.07) is 19.3. The van der Waals surface area contributed by atoms with Crippen molar-refractivity contribution < 1.29 is 28.2 Å². The Bertz CT molecular complexity index is 1260. The standard InChI is InChI=1S/C27H25FN2O5/c1-17-23(26(31)35-15-18-9-4-3-5-10-18)24(30-27(32)29-17)20-12-8-14-22(33-2)25(20)34-16-19-11-6-7-13-21(19)28/h3-14,24H,15-16H2,1-2H3,(H2,29,30,32). The van der Waals surface area contributed by atoms with E-state index >= 15 is 0 Å². The molecule has 1 aliphatic heterocycles. The van der Waals surface area contributed by atoms with Crippen LogP contribution in [0, 0.1) is 5.82 Å². The molecule has 8 heteroatoms. The van der Waals surface area contributed by atoms with Crippen LogP contribution in [0.3, 0.4) is 0 Å². The van der Waals surface area contributed by atoms with E-state index in [9.17, 15) is 14.0 Å². The molecule has 0 aromatic heterocycles. The minimum absolute atomic E-state index is 0.0740. The van der Waals surface area contributed by atoms with Crippen LogP contribution in [0.1, 0.15) is 29.7 Å². The van der Waals surface area contributed by atoms with Crippen molar-refractivity contribution in [3.63, 3.8) is 0 Å². The predicted octanol–water partition coefficient (Wildman–Crippen LogP) is 4.78. The van der Waals surface area contributed by atoms with Crippen LogP contribution >= 0.6 is 0 Å². The van der Waals surface area contributed by atoms with E-state index in [1.807, 2.05) is 30.3 Å². The third-order valence-electron chi connectivity index (χ3n) is 5.57. The van der Waals surface area contributed by atoms with Crippen LogP contribution in [0.4, 0.5) is 9.18 Å². The van der Waals surface area contributed by atoms with Crippen molar-refractivity contribution in [2.45, 2.75) is 26.2 Å². The van der Waals surface area contributed by atoms with Gasteiger partial charge in [-0.1, -0.05) is 60.7 Å². The molecule has 0 aliphatic carbocycles. The summed E-state index contributed by atoms with van der Waals surface area (Å²) in [7, 11) is 1.48. The lowest BCUT2D eigenvalue weighted by Gasteiger charge is -2.29. The largest absolute Gasteiger partial charge is 0.493 e. The number of hydrogen-bond donors (Lipinski definition) is 2. The van der Waals surface area contributed by atoms with Crippen LogP contribution in [0.15, 0.2) is 84.1 Å². The molecule has 0 saturated heterocycles.